The molecule has 1 aliphatic heterocycles. The van der Waals surface area contributed by atoms with Crippen molar-refractivity contribution in [3.63, 3.8) is 0 Å². The van der Waals surface area contributed by atoms with E-state index in [4.69, 9.17) is 36.4 Å². The summed E-state index contributed by atoms with van der Waals surface area (Å²) >= 11 is 12.3. The van der Waals surface area contributed by atoms with Crippen molar-refractivity contribution in [2.75, 3.05) is 18.8 Å². The molecule has 2 aromatic heterocycles. The zero-order chi connectivity index (χ0) is 24.3. The van der Waals surface area contributed by atoms with Gasteiger partial charge < -0.3 is 15.8 Å². The minimum absolute atomic E-state index is 0.0133. The molecule has 32 heavy (non-hydrogen) atoms. The van der Waals surface area contributed by atoms with E-state index in [1.54, 1.807) is 25.4 Å². The van der Waals surface area contributed by atoms with E-state index < -0.39 is 23.7 Å². The molecule has 2 fully saturated rings. The predicted molar refractivity (Wildman–Crippen MR) is 123 cm³/mol. The second-order valence-corrected chi connectivity index (χ2v) is 8.99. The highest BCUT2D eigenvalue weighted by molar-refractivity contribution is 6.36. The normalized spacial score (nSPS) is 28.8. The number of hydrogen-bond donors (Lipinski definition) is 2. The van der Waals surface area contributed by atoms with Crippen LogP contribution in [0.15, 0.2) is 36.8 Å². The Balaban J connectivity index is 1.38. The molecule has 6 nitrogen and oxygen atoms in total. The Hall–Kier alpha value is -2.35. The van der Waals surface area contributed by atoms with Crippen LogP contribution in [0.1, 0.15) is 40.2 Å². The van der Waals surface area contributed by atoms with Gasteiger partial charge in [-0.15, -0.1) is 0 Å². The van der Waals surface area contributed by atoms with Gasteiger partial charge >= 0.3 is 0 Å². The Morgan fingerprint density at radius 1 is 1.25 bits per heavy atom. The molecule has 2 aliphatic rings. The van der Waals surface area contributed by atoms with E-state index in [1.165, 1.54) is 12.1 Å². The molecule has 1 aromatic carbocycles. The zero-order valence-electron chi connectivity index (χ0n) is 19.4. The maximum absolute atomic E-state index is 14.0. The van der Waals surface area contributed by atoms with E-state index >= 15 is 0 Å². The lowest BCUT2D eigenvalue weighted by molar-refractivity contribution is 0.227. The van der Waals surface area contributed by atoms with Crippen LogP contribution in [0.2, 0.25) is 10.0 Å². The molecular weight excluding hydrogens is 452 g/mol. The zero-order valence-corrected chi connectivity index (χ0v) is 18.9. The largest absolute Gasteiger partial charge is 0.482 e. The predicted octanol–water partition coefficient (Wildman–Crippen LogP) is 5.28. The van der Waals surface area contributed by atoms with Crippen molar-refractivity contribution in [3.8, 4) is 16.9 Å². The van der Waals surface area contributed by atoms with Crippen molar-refractivity contribution in [1.29, 1.82) is 0 Å². The van der Waals surface area contributed by atoms with Gasteiger partial charge in [0.15, 0.2) is 11.6 Å². The number of nitrogens with two attached hydrogens (primary N) is 1. The number of nitrogen functional groups attached to an aromatic ring is 1. The van der Waals surface area contributed by atoms with Gasteiger partial charge in [-0.3, -0.25) is 4.68 Å². The number of benzene rings is 1. The first-order chi connectivity index (χ1) is 16.1. The molecule has 0 spiro atoms. The molecular formula is C23H24Cl2FN5O. The summed E-state index contributed by atoms with van der Waals surface area (Å²) < 4.78 is 39.2. The van der Waals surface area contributed by atoms with Crippen LogP contribution < -0.4 is 15.8 Å². The molecule has 168 valence electrons. The monoisotopic (exact) mass is 477 g/mol. The molecule has 3 heterocycles. The molecule has 1 aliphatic carbocycles. The number of pyridine rings is 1. The maximum Gasteiger partial charge on any atom is 0.166 e. The van der Waals surface area contributed by atoms with Crippen LogP contribution in [0.25, 0.3) is 11.1 Å². The van der Waals surface area contributed by atoms with Crippen LogP contribution in [0, 0.1) is 17.6 Å². The Labute approximate surface area is 198 Å². The van der Waals surface area contributed by atoms with Gasteiger partial charge in [0.1, 0.15) is 11.9 Å². The first-order valence-corrected chi connectivity index (χ1v) is 11.2. The molecule has 4 atom stereocenters. The molecule has 9 heteroatoms. The third-order valence-electron chi connectivity index (χ3n) is 6.12. The Bertz CT molecular complexity index is 1240. The van der Waals surface area contributed by atoms with E-state index in [0.717, 1.165) is 11.1 Å². The van der Waals surface area contributed by atoms with Gasteiger partial charge in [-0.2, -0.15) is 5.10 Å². The van der Waals surface area contributed by atoms with Gasteiger partial charge in [-0.05, 0) is 62.8 Å². The second kappa shape index (κ2) is 8.54. The SMILES string of the molecule is [2H][C@@]12CNC[C@]1([2H])CC(n1cc(-c3cnc(N)c(O[C@H](C)c4c(Cl)ccc(F)c4Cl)c3)cn1)C2. The first-order valence-electron chi connectivity index (χ1n) is 11.4. The van der Waals surface area contributed by atoms with Gasteiger partial charge in [-0.25, -0.2) is 9.37 Å². The van der Waals surface area contributed by atoms with Crippen molar-refractivity contribution in [2.45, 2.75) is 31.9 Å². The van der Waals surface area contributed by atoms with E-state index in [2.05, 4.69) is 15.4 Å². The number of aromatic nitrogens is 3. The average molecular weight is 478 g/mol. The smallest absolute Gasteiger partial charge is 0.166 e. The number of rotatable bonds is 5. The summed E-state index contributed by atoms with van der Waals surface area (Å²) in [7, 11) is 0. The molecule has 3 aromatic rings. The number of fused-ring (bicyclic) bond motifs is 1. The van der Waals surface area contributed by atoms with Crippen molar-refractivity contribution < 1.29 is 11.9 Å². The van der Waals surface area contributed by atoms with Gasteiger partial charge in [0.2, 0.25) is 0 Å². The minimum atomic E-state index is -0.802. The number of anilines is 1. The highest BCUT2D eigenvalue weighted by Gasteiger charge is 2.38. The van der Waals surface area contributed by atoms with Crippen molar-refractivity contribution >= 4 is 29.0 Å². The van der Waals surface area contributed by atoms with Crippen molar-refractivity contribution in [1.82, 2.24) is 20.1 Å². The number of nitrogens with zero attached hydrogens (tertiary/aromatic N) is 3. The summed E-state index contributed by atoms with van der Waals surface area (Å²) in [6.45, 7) is 2.76. The van der Waals surface area contributed by atoms with E-state index in [1.807, 2.05) is 10.9 Å². The van der Waals surface area contributed by atoms with E-state index in [0.29, 0.717) is 42.3 Å². The summed E-state index contributed by atoms with van der Waals surface area (Å²) in [4.78, 5) is 4.25. The van der Waals surface area contributed by atoms with Crippen LogP contribution in [-0.4, -0.2) is 27.9 Å². The van der Waals surface area contributed by atoms with Gasteiger partial charge in [-0.1, -0.05) is 23.2 Å². The fourth-order valence-corrected chi connectivity index (χ4v) is 5.11. The minimum Gasteiger partial charge on any atom is -0.482 e. The molecule has 5 rings (SSSR count). The standard InChI is InChI=1S/C23H24Cl2FN5O/c1-12(21-18(24)2-3-19(26)22(21)25)32-20-6-15(9-29-23(20)27)16-10-30-31(11-16)17-4-13-7-28-8-14(13)5-17/h2-3,6,9-14,17,28H,4-5,7-8H2,1H3,(H2,27,29)/t12-,13-,14+,17?/m1/s1/i13D,14D. The van der Waals surface area contributed by atoms with Crippen LogP contribution in [-0.2, 0) is 0 Å². The van der Waals surface area contributed by atoms with E-state index in [9.17, 15) is 4.39 Å². The molecule has 0 amide bonds. The summed E-state index contributed by atoms with van der Waals surface area (Å²) in [5.41, 5.74) is 7.91. The maximum atomic E-state index is 14.0. The number of halogens is 3. The molecule has 1 saturated heterocycles. The van der Waals surface area contributed by atoms with Crippen LogP contribution >= 0.6 is 23.2 Å². The first kappa shape index (κ1) is 19.1. The lowest BCUT2D eigenvalue weighted by Crippen LogP contribution is -2.14. The number of nitrogens with one attached hydrogen (secondary N) is 1. The third-order valence-corrected chi connectivity index (χ3v) is 6.83. The summed E-state index contributed by atoms with van der Waals surface area (Å²) in [5.74, 6) is -1.70. The van der Waals surface area contributed by atoms with Crippen LogP contribution in [0.4, 0.5) is 10.2 Å². The van der Waals surface area contributed by atoms with Gasteiger partial charge in [0.05, 0.1) is 17.3 Å². The number of ether oxygens (including phenoxy) is 1. The summed E-state index contributed by atoms with van der Waals surface area (Å²) in [6, 6.07) is 4.36. The van der Waals surface area contributed by atoms with Crippen LogP contribution in [0.5, 0.6) is 5.75 Å². The molecule has 0 radical (unpaired) electrons. The van der Waals surface area contributed by atoms with E-state index in [-0.39, 0.29) is 16.9 Å². The van der Waals surface area contributed by atoms with Gasteiger partial charge in [0.25, 0.3) is 0 Å². The fourth-order valence-electron chi connectivity index (χ4n) is 4.43. The Morgan fingerprint density at radius 2 is 2.00 bits per heavy atom. The third kappa shape index (κ3) is 3.93. The topological polar surface area (TPSA) is 78.0 Å². The van der Waals surface area contributed by atoms with Crippen LogP contribution in [0.3, 0.4) is 0 Å². The molecule has 3 N–H and O–H groups in total. The Kier molecular flexibility index (Phi) is 5.11. The molecule has 0 bridgehead atoms. The highest BCUT2D eigenvalue weighted by Crippen LogP contribution is 2.42. The summed E-state index contributed by atoms with van der Waals surface area (Å²) in [6.07, 6.45) is 5.72. The highest BCUT2D eigenvalue weighted by atomic mass is 35.5. The van der Waals surface area contributed by atoms with Crippen molar-refractivity contribution in [3.05, 3.63) is 58.2 Å². The van der Waals surface area contributed by atoms with Crippen molar-refractivity contribution in [2.24, 2.45) is 11.8 Å². The Morgan fingerprint density at radius 3 is 2.75 bits per heavy atom. The molecule has 1 saturated carbocycles. The quantitative estimate of drug-likeness (QED) is 0.488. The lowest BCUT2D eigenvalue weighted by atomic mass is 10.0. The number of hydrogen-bond acceptors (Lipinski definition) is 5. The van der Waals surface area contributed by atoms with Gasteiger partial charge in [0, 0.05) is 36.8 Å². The summed E-state index contributed by atoms with van der Waals surface area (Å²) in [5, 5.41) is 7.88. The second-order valence-electron chi connectivity index (χ2n) is 8.21. The molecule has 1 unspecified atom stereocenters. The fraction of sp³-hybridized carbons (Fsp3) is 0.391. The lowest BCUT2D eigenvalue weighted by Gasteiger charge is -2.19. The average Bonchev–Trinajstić information content (AvgIpc) is 3.44.